The molecule has 0 aliphatic carbocycles. The molecule has 0 aliphatic rings. The summed E-state index contributed by atoms with van der Waals surface area (Å²) in [4.78, 5) is 0. The molecule has 1 aromatic carbocycles. The van der Waals surface area contributed by atoms with E-state index in [-0.39, 0.29) is 0 Å². The van der Waals surface area contributed by atoms with Crippen molar-refractivity contribution in [3.63, 3.8) is 0 Å². The molecule has 0 atom stereocenters. The highest BCUT2D eigenvalue weighted by Crippen LogP contribution is 2.11. The van der Waals surface area contributed by atoms with Crippen LogP contribution in [-0.4, -0.2) is 0 Å². The second kappa shape index (κ2) is 3.34. The molecule has 0 radical (unpaired) electrons. The first-order chi connectivity index (χ1) is 4.74. The van der Waals surface area contributed by atoms with E-state index in [0.29, 0.717) is 6.54 Å². The fourth-order valence-electron chi connectivity index (χ4n) is 0.888. The maximum absolute atomic E-state index is 5.50. The normalized spacial score (nSPS) is 9.90. The van der Waals surface area contributed by atoms with Crippen LogP contribution in [0.5, 0.6) is 0 Å². The van der Waals surface area contributed by atoms with E-state index in [2.05, 4.69) is 47.7 Å². The Morgan fingerprint density at radius 2 is 2.20 bits per heavy atom. The standard InChI is InChI=1S/C8H10IN/c1-6-4-8(9)3-2-7(6)5-10/h2-4H,5,10H2,1H3. The summed E-state index contributed by atoms with van der Waals surface area (Å²) in [6.45, 7) is 2.73. The van der Waals surface area contributed by atoms with E-state index in [1.807, 2.05) is 0 Å². The molecule has 0 bridgehead atoms. The third-order valence-electron chi connectivity index (χ3n) is 1.52. The summed E-state index contributed by atoms with van der Waals surface area (Å²) in [5, 5.41) is 0. The van der Waals surface area contributed by atoms with E-state index >= 15 is 0 Å². The molecule has 54 valence electrons. The molecule has 0 fully saturated rings. The largest absolute Gasteiger partial charge is 0.326 e. The molecule has 0 saturated carbocycles. The van der Waals surface area contributed by atoms with Crippen LogP contribution in [0, 0.1) is 10.5 Å². The van der Waals surface area contributed by atoms with Gasteiger partial charge in [-0.05, 0) is 52.8 Å². The molecular formula is C8H10IN. The Bertz CT molecular complexity index is 233. The predicted molar refractivity (Wildman–Crippen MR) is 51.8 cm³/mol. The molecule has 0 saturated heterocycles. The van der Waals surface area contributed by atoms with Crippen LogP contribution in [0.25, 0.3) is 0 Å². The number of hydrogen-bond acceptors (Lipinski definition) is 1. The zero-order chi connectivity index (χ0) is 7.56. The number of aryl methyl sites for hydroxylation is 1. The topological polar surface area (TPSA) is 26.0 Å². The minimum atomic E-state index is 0.642. The summed E-state index contributed by atoms with van der Waals surface area (Å²) in [6.07, 6.45) is 0. The maximum atomic E-state index is 5.50. The number of rotatable bonds is 1. The van der Waals surface area contributed by atoms with E-state index in [1.54, 1.807) is 0 Å². The van der Waals surface area contributed by atoms with Gasteiger partial charge in [-0.2, -0.15) is 0 Å². The first-order valence-electron chi connectivity index (χ1n) is 3.19. The van der Waals surface area contributed by atoms with Crippen LogP contribution >= 0.6 is 22.6 Å². The lowest BCUT2D eigenvalue weighted by Gasteiger charge is -2.01. The minimum Gasteiger partial charge on any atom is -0.326 e. The van der Waals surface area contributed by atoms with Gasteiger partial charge in [0.2, 0.25) is 0 Å². The smallest absolute Gasteiger partial charge is 0.0180 e. The predicted octanol–water partition coefficient (Wildman–Crippen LogP) is 2.06. The van der Waals surface area contributed by atoms with Crippen LogP contribution in [0.15, 0.2) is 18.2 Å². The van der Waals surface area contributed by atoms with Gasteiger partial charge in [-0.15, -0.1) is 0 Å². The molecule has 0 aromatic heterocycles. The van der Waals surface area contributed by atoms with Crippen LogP contribution in [0.1, 0.15) is 11.1 Å². The second-order valence-corrected chi connectivity index (χ2v) is 3.52. The monoisotopic (exact) mass is 247 g/mol. The van der Waals surface area contributed by atoms with Crippen molar-refractivity contribution in [2.45, 2.75) is 13.5 Å². The van der Waals surface area contributed by atoms with E-state index in [1.165, 1.54) is 14.7 Å². The Kier molecular flexibility index (Phi) is 2.68. The van der Waals surface area contributed by atoms with Crippen LogP contribution < -0.4 is 5.73 Å². The number of benzene rings is 1. The molecule has 1 rings (SSSR count). The van der Waals surface area contributed by atoms with Crippen LogP contribution in [-0.2, 0) is 6.54 Å². The highest BCUT2D eigenvalue weighted by Gasteiger charge is 1.94. The lowest BCUT2D eigenvalue weighted by molar-refractivity contribution is 1.05. The van der Waals surface area contributed by atoms with Crippen molar-refractivity contribution in [2.75, 3.05) is 0 Å². The summed E-state index contributed by atoms with van der Waals surface area (Å²) >= 11 is 2.30. The van der Waals surface area contributed by atoms with Gasteiger partial charge < -0.3 is 5.73 Å². The van der Waals surface area contributed by atoms with Crippen molar-refractivity contribution >= 4 is 22.6 Å². The van der Waals surface area contributed by atoms with Crippen molar-refractivity contribution in [1.82, 2.24) is 0 Å². The lowest BCUT2D eigenvalue weighted by atomic mass is 10.1. The van der Waals surface area contributed by atoms with Gasteiger partial charge in [0.15, 0.2) is 0 Å². The lowest BCUT2D eigenvalue weighted by Crippen LogP contribution is -1.98. The fourth-order valence-corrected chi connectivity index (χ4v) is 1.54. The van der Waals surface area contributed by atoms with Gasteiger partial charge in [0.05, 0.1) is 0 Å². The van der Waals surface area contributed by atoms with Gasteiger partial charge in [-0.25, -0.2) is 0 Å². The fraction of sp³-hybridized carbons (Fsp3) is 0.250. The van der Waals surface area contributed by atoms with Crippen molar-refractivity contribution in [3.8, 4) is 0 Å². The summed E-state index contributed by atoms with van der Waals surface area (Å²) < 4.78 is 1.27. The average molecular weight is 247 g/mol. The van der Waals surface area contributed by atoms with Gasteiger partial charge in [0.1, 0.15) is 0 Å². The molecule has 10 heavy (non-hydrogen) atoms. The molecule has 0 amide bonds. The van der Waals surface area contributed by atoms with E-state index in [0.717, 1.165) is 0 Å². The van der Waals surface area contributed by atoms with Crippen molar-refractivity contribution < 1.29 is 0 Å². The second-order valence-electron chi connectivity index (χ2n) is 2.27. The van der Waals surface area contributed by atoms with Gasteiger partial charge in [0.25, 0.3) is 0 Å². The maximum Gasteiger partial charge on any atom is 0.0180 e. The highest BCUT2D eigenvalue weighted by atomic mass is 127. The number of halogens is 1. The molecule has 0 unspecified atom stereocenters. The highest BCUT2D eigenvalue weighted by molar-refractivity contribution is 14.1. The summed E-state index contributed by atoms with van der Waals surface area (Å²) in [7, 11) is 0. The Morgan fingerprint density at radius 1 is 1.50 bits per heavy atom. The zero-order valence-corrected chi connectivity index (χ0v) is 8.05. The van der Waals surface area contributed by atoms with E-state index in [4.69, 9.17) is 5.73 Å². The van der Waals surface area contributed by atoms with Crippen molar-refractivity contribution in [1.29, 1.82) is 0 Å². The van der Waals surface area contributed by atoms with Gasteiger partial charge in [-0.1, -0.05) is 6.07 Å². The molecule has 2 heteroatoms. The summed E-state index contributed by atoms with van der Waals surface area (Å²) in [5.41, 5.74) is 8.02. The first-order valence-corrected chi connectivity index (χ1v) is 4.27. The number of hydrogen-bond donors (Lipinski definition) is 1. The third kappa shape index (κ3) is 1.70. The zero-order valence-electron chi connectivity index (χ0n) is 5.89. The van der Waals surface area contributed by atoms with Gasteiger partial charge in [-0.3, -0.25) is 0 Å². The van der Waals surface area contributed by atoms with E-state index < -0.39 is 0 Å². The third-order valence-corrected chi connectivity index (χ3v) is 2.20. The Hall–Kier alpha value is -0.0900. The van der Waals surface area contributed by atoms with Crippen molar-refractivity contribution in [2.24, 2.45) is 5.73 Å². The average Bonchev–Trinajstić information content (AvgIpc) is 1.88. The molecule has 1 aromatic rings. The molecular weight excluding hydrogens is 237 g/mol. The molecule has 0 heterocycles. The van der Waals surface area contributed by atoms with Crippen LogP contribution in [0.4, 0.5) is 0 Å². The van der Waals surface area contributed by atoms with Crippen LogP contribution in [0.3, 0.4) is 0 Å². The summed E-state index contributed by atoms with van der Waals surface area (Å²) in [6, 6.07) is 6.30. The van der Waals surface area contributed by atoms with Gasteiger partial charge >= 0.3 is 0 Å². The number of nitrogens with two attached hydrogens (primary N) is 1. The molecule has 0 spiro atoms. The Balaban J connectivity index is 3.07. The van der Waals surface area contributed by atoms with Crippen molar-refractivity contribution in [3.05, 3.63) is 32.9 Å². The van der Waals surface area contributed by atoms with Crippen LogP contribution in [0.2, 0.25) is 0 Å². The first kappa shape index (κ1) is 8.01. The SMILES string of the molecule is Cc1cc(I)ccc1CN. The molecule has 1 nitrogen and oxygen atoms in total. The Morgan fingerprint density at radius 3 is 2.70 bits per heavy atom. The minimum absolute atomic E-state index is 0.642. The quantitative estimate of drug-likeness (QED) is 0.755. The van der Waals surface area contributed by atoms with Gasteiger partial charge in [0, 0.05) is 10.1 Å². The molecule has 2 N–H and O–H groups in total. The summed E-state index contributed by atoms with van der Waals surface area (Å²) in [5.74, 6) is 0. The van der Waals surface area contributed by atoms with E-state index in [9.17, 15) is 0 Å². The molecule has 0 aliphatic heterocycles. The Labute approximate surface area is 74.8 Å².